The minimum absolute atomic E-state index is 0.0474. The molecule has 3 N–H and O–H groups in total. The Bertz CT molecular complexity index is 799. The van der Waals surface area contributed by atoms with Crippen LogP contribution in [0.25, 0.3) is 0 Å². The fourth-order valence-electron chi connectivity index (χ4n) is 3.28. The number of hydrazine groups is 1. The van der Waals surface area contributed by atoms with Gasteiger partial charge in [0.2, 0.25) is 21.8 Å². The van der Waals surface area contributed by atoms with Crippen molar-refractivity contribution in [3.63, 3.8) is 0 Å². The van der Waals surface area contributed by atoms with Gasteiger partial charge in [0.15, 0.2) is 0 Å². The smallest absolute Gasteiger partial charge is 0.305 e. The number of carbonyl (C=O) groups excluding carboxylic acids is 4. The highest BCUT2D eigenvalue weighted by Crippen LogP contribution is 2.25. The lowest BCUT2D eigenvalue weighted by molar-refractivity contribution is -0.176. The normalized spacial score (nSPS) is 23.8. The molecule has 0 aromatic carbocycles. The Morgan fingerprint density at radius 2 is 2.00 bits per heavy atom. The summed E-state index contributed by atoms with van der Waals surface area (Å²) in [4.78, 5) is 60.0. The third-order valence-electron chi connectivity index (χ3n) is 4.75. The van der Waals surface area contributed by atoms with Gasteiger partial charge in [-0.3, -0.25) is 24.2 Å². The van der Waals surface area contributed by atoms with Crippen LogP contribution in [0.4, 0.5) is 0 Å². The van der Waals surface area contributed by atoms with Crippen molar-refractivity contribution in [2.75, 3.05) is 12.3 Å². The Morgan fingerprint density at radius 3 is 2.59 bits per heavy atom. The lowest BCUT2D eigenvalue weighted by Crippen LogP contribution is -2.64. The Morgan fingerprint density at radius 1 is 1.31 bits per heavy atom. The summed E-state index contributed by atoms with van der Waals surface area (Å²) in [7, 11) is -3.74. The monoisotopic (exact) mass is 432 g/mol. The fourth-order valence-corrected chi connectivity index (χ4v) is 4.10. The Kier molecular flexibility index (Phi) is 7.30. The lowest BCUT2D eigenvalue weighted by atomic mass is 10.1. The second-order valence-corrected chi connectivity index (χ2v) is 8.86. The van der Waals surface area contributed by atoms with E-state index in [0.717, 1.165) is 10.0 Å². The van der Waals surface area contributed by atoms with Crippen LogP contribution >= 0.6 is 0 Å². The number of carboxylic acids is 1. The predicted octanol–water partition coefficient (Wildman–Crippen LogP) is -2.02. The van der Waals surface area contributed by atoms with Crippen LogP contribution in [-0.2, 0) is 34.0 Å². The molecule has 2 fully saturated rings. The number of rotatable bonds is 8. The molecule has 2 aliphatic heterocycles. The zero-order chi connectivity index (χ0) is 21.8. The molecular weight excluding hydrogens is 408 g/mol. The van der Waals surface area contributed by atoms with Crippen molar-refractivity contribution < 1.29 is 37.5 Å². The van der Waals surface area contributed by atoms with Crippen molar-refractivity contribution >= 4 is 40.0 Å². The van der Waals surface area contributed by atoms with Gasteiger partial charge in [-0.15, -0.1) is 0 Å². The minimum Gasteiger partial charge on any atom is -0.481 e. The van der Waals surface area contributed by atoms with Crippen LogP contribution in [0, 0.1) is 0 Å². The van der Waals surface area contributed by atoms with Crippen molar-refractivity contribution in [2.45, 2.75) is 57.2 Å². The maximum atomic E-state index is 13.0. The van der Waals surface area contributed by atoms with Gasteiger partial charge in [0, 0.05) is 13.0 Å². The molecule has 2 heterocycles. The molecule has 2 saturated heterocycles. The van der Waals surface area contributed by atoms with E-state index in [1.807, 2.05) is 0 Å². The lowest BCUT2D eigenvalue weighted by Gasteiger charge is -2.43. The highest BCUT2D eigenvalue weighted by molar-refractivity contribution is 7.89. The van der Waals surface area contributed by atoms with Gasteiger partial charge in [-0.1, -0.05) is 0 Å². The quantitative estimate of drug-likeness (QED) is 0.369. The fraction of sp³-hybridized carbons (Fsp3) is 0.688. The topological polar surface area (TPSA) is 170 Å². The van der Waals surface area contributed by atoms with Gasteiger partial charge in [0.25, 0.3) is 5.91 Å². The first kappa shape index (κ1) is 22.7. The van der Waals surface area contributed by atoms with E-state index in [9.17, 15) is 32.4 Å². The van der Waals surface area contributed by atoms with Gasteiger partial charge >= 0.3 is 5.97 Å². The van der Waals surface area contributed by atoms with Gasteiger partial charge in [-0.25, -0.2) is 18.1 Å². The number of hydrogen-bond acceptors (Lipinski definition) is 7. The van der Waals surface area contributed by atoms with Gasteiger partial charge in [-0.2, -0.15) is 0 Å². The van der Waals surface area contributed by atoms with E-state index >= 15 is 0 Å². The van der Waals surface area contributed by atoms with Crippen molar-refractivity contribution in [1.29, 1.82) is 0 Å². The largest absolute Gasteiger partial charge is 0.481 e. The highest BCUT2D eigenvalue weighted by atomic mass is 32.2. The number of carbonyl (C=O) groups is 5. The summed E-state index contributed by atoms with van der Waals surface area (Å²) in [6.45, 7) is 1.59. The highest BCUT2D eigenvalue weighted by Gasteiger charge is 2.45. The standard InChI is InChI=1S/C16H24N4O8S/c1-2-29(27,28)18-11-5-6-13(22)19-7-3-4-12(20(19)16(11)26)15(25)17-10(9-21)8-14(23)24/h9-12,18H,2-8H2,1H3,(H,17,25)(H,23,24)/t10-,11-,12-/m0/s1. The van der Waals surface area contributed by atoms with E-state index < -0.39 is 58.3 Å². The molecular formula is C16H24N4O8S. The number of nitrogens with one attached hydrogen (secondary N) is 2. The third kappa shape index (κ3) is 5.50. The number of carboxylic acid groups (broad SMARTS) is 1. The summed E-state index contributed by atoms with van der Waals surface area (Å²) in [5.41, 5.74) is 0. The summed E-state index contributed by atoms with van der Waals surface area (Å²) >= 11 is 0. The molecule has 13 heteroatoms. The molecule has 2 aliphatic rings. The molecule has 2 rings (SSSR count). The SMILES string of the molecule is CCS(=O)(=O)N[C@H]1CCC(=O)N2CCC[C@@H](C(=O)N[C@H](C=O)CC(=O)O)N2C1=O. The van der Waals surface area contributed by atoms with Gasteiger partial charge in [0.05, 0.1) is 18.2 Å². The molecule has 0 aliphatic carbocycles. The molecule has 3 amide bonds. The van der Waals surface area contributed by atoms with Crippen molar-refractivity contribution in [3.05, 3.63) is 0 Å². The Labute approximate surface area is 167 Å². The predicted molar refractivity (Wildman–Crippen MR) is 97.4 cm³/mol. The molecule has 12 nitrogen and oxygen atoms in total. The molecule has 0 aromatic heterocycles. The summed E-state index contributed by atoms with van der Waals surface area (Å²) in [5.74, 6) is -3.50. The number of fused-ring (bicyclic) bond motifs is 1. The molecule has 0 saturated carbocycles. The first-order valence-corrected chi connectivity index (χ1v) is 10.9. The van der Waals surface area contributed by atoms with E-state index in [1.54, 1.807) is 0 Å². The van der Waals surface area contributed by atoms with E-state index in [0.29, 0.717) is 6.42 Å². The second kappa shape index (κ2) is 9.31. The third-order valence-corrected chi connectivity index (χ3v) is 6.16. The van der Waals surface area contributed by atoms with Crippen LogP contribution in [0.1, 0.15) is 39.0 Å². The van der Waals surface area contributed by atoms with Crippen LogP contribution in [0.15, 0.2) is 0 Å². The maximum Gasteiger partial charge on any atom is 0.305 e. The average molecular weight is 432 g/mol. The van der Waals surface area contributed by atoms with Crippen LogP contribution in [0.2, 0.25) is 0 Å². The number of aldehydes is 1. The maximum absolute atomic E-state index is 13.0. The van der Waals surface area contributed by atoms with Crippen LogP contribution in [0.3, 0.4) is 0 Å². The number of nitrogens with zero attached hydrogens (tertiary/aromatic N) is 2. The first-order chi connectivity index (χ1) is 13.6. The Balaban J connectivity index is 2.28. The minimum atomic E-state index is -3.74. The molecule has 29 heavy (non-hydrogen) atoms. The van der Waals surface area contributed by atoms with Crippen LogP contribution in [-0.4, -0.2) is 83.9 Å². The summed E-state index contributed by atoms with van der Waals surface area (Å²) in [6.07, 6.45) is 0.103. The van der Waals surface area contributed by atoms with E-state index in [1.165, 1.54) is 6.92 Å². The van der Waals surface area contributed by atoms with Crippen molar-refractivity contribution in [2.24, 2.45) is 0 Å². The first-order valence-electron chi connectivity index (χ1n) is 9.20. The molecule has 162 valence electrons. The van der Waals surface area contributed by atoms with Crippen molar-refractivity contribution in [3.8, 4) is 0 Å². The van der Waals surface area contributed by atoms with E-state index in [-0.39, 0.29) is 37.8 Å². The molecule has 0 bridgehead atoms. The average Bonchev–Trinajstić information content (AvgIpc) is 2.79. The molecule has 3 atom stereocenters. The van der Waals surface area contributed by atoms with Crippen molar-refractivity contribution in [1.82, 2.24) is 20.1 Å². The zero-order valence-corrected chi connectivity index (χ0v) is 16.7. The molecule has 0 spiro atoms. The summed E-state index contributed by atoms with van der Waals surface area (Å²) in [6, 6.07) is -3.66. The molecule has 0 unspecified atom stereocenters. The van der Waals surface area contributed by atoms with Gasteiger partial charge in [0.1, 0.15) is 18.4 Å². The summed E-state index contributed by atoms with van der Waals surface area (Å²) in [5, 5.41) is 13.2. The van der Waals surface area contributed by atoms with E-state index in [2.05, 4.69) is 10.0 Å². The number of hydrogen-bond donors (Lipinski definition) is 3. The van der Waals surface area contributed by atoms with Gasteiger partial charge < -0.3 is 15.2 Å². The number of sulfonamides is 1. The zero-order valence-electron chi connectivity index (χ0n) is 15.9. The summed E-state index contributed by atoms with van der Waals surface area (Å²) < 4.78 is 26.1. The Hall–Kier alpha value is -2.54. The van der Waals surface area contributed by atoms with E-state index in [4.69, 9.17) is 5.11 Å². The molecule has 0 aromatic rings. The number of amides is 3. The van der Waals surface area contributed by atoms with Gasteiger partial charge in [-0.05, 0) is 26.2 Å². The van der Waals surface area contributed by atoms with Crippen LogP contribution in [0.5, 0.6) is 0 Å². The molecule has 0 radical (unpaired) electrons. The number of aliphatic carboxylic acids is 1. The van der Waals surface area contributed by atoms with Crippen LogP contribution < -0.4 is 10.0 Å². The second-order valence-electron chi connectivity index (χ2n) is 6.82.